The van der Waals surface area contributed by atoms with Crippen LogP contribution >= 0.6 is 11.3 Å². The topological polar surface area (TPSA) is 75.9 Å². The van der Waals surface area contributed by atoms with Gasteiger partial charge in [0.05, 0.1) is 6.04 Å². The smallest absolute Gasteiger partial charge is 0.148 e. The van der Waals surface area contributed by atoms with E-state index in [1.165, 1.54) is 21.6 Å². The van der Waals surface area contributed by atoms with Crippen LogP contribution < -0.4 is 16.6 Å². The summed E-state index contributed by atoms with van der Waals surface area (Å²) in [5.74, 6) is 7.10. The van der Waals surface area contributed by atoms with Crippen molar-refractivity contribution < 1.29 is 0 Å². The molecule has 0 aliphatic rings. The lowest BCUT2D eigenvalue weighted by atomic mass is 10.1. The number of nitrogens with one attached hydrogen (secondary N) is 2. The molecule has 2 heterocycles. The highest BCUT2D eigenvalue weighted by molar-refractivity contribution is 7.12. The van der Waals surface area contributed by atoms with Crippen molar-refractivity contribution in [1.29, 1.82) is 0 Å². The number of hydrogen-bond donors (Lipinski definition) is 3. The molecule has 0 saturated carbocycles. The highest BCUT2D eigenvalue weighted by atomic mass is 32.1. The van der Waals surface area contributed by atoms with Crippen LogP contribution in [0, 0.1) is 13.8 Å². The summed E-state index contributed by atoms with van der Waals surface area (Å²) in [6, 6.07) is 2.44. The van der Waals surface area contributed by atoms with Gasteiger partial charge in [0.15, 0.2) is 0 Å². The first-order valence-corrected chi connectivity index (χ1v) is 8.02. The zero-order valence-electron chi connectivity index (χ0n) is 13.0. The average molecular weight is 305 g/mol. The molecule has 0 amide bonds. The number of anilines is 2. The summed E-state index contributed by atoms with van der Waals surface area (Å²) in [6.07, 6.45) is 3.44. The number of nitrogens with two attached hydrogens (primary N) is 1. The molecule has 114 valence electrons. The Bertz CT molecular complexity index is 608. The minimum absolute atomic E-state index is 0.200. The summed E-state index contributed by atoms with van der Waals surface area (Å²) in [6.45, 7) is 8.58. The molecule has 1 atom stereocenters. The van der Waals surface area contributed by atoms with E-state index in [1.807, 2.05) is 11.3 Å². The van der Waals surface area contributed by atoms with Crippen molar-refractivity contribution in [2.45, 2.75) is 46.6 Å². The van der Waals surface area contributed by atoms with Crippen molar-refractivity contribution in [3.63, 3.8) is 0 Å². The summed E-state index contributed by atoms with van der Waals surface area (Å²) in [5, 5.41) is 3.50. The van der Waals surface area contributed by atoms with Gasteiger partial charge in [-0.05, 0) is 38.8 Å². The Balaban J connectivity index is 2.28. The van der Waals surface area contributed by atoms with Crippen LogP contribution in [0.15, 0.2) is 12.4 Å². The highest BCUT2D eigenvalue weighted by Gasteiger charge is 2.15. The van der Waals surface area contributed by atoms with Gasteiger partial charge >= 0.3 is 0 Å². The van der Waals surface area contributed by atoms with Gasteiger partial charge in [0.2, 0.25) is 0 Å². The van der Waals surface area contributed by atoms with Gasteiger partial charge in [-0.25, -0.2) is 15.8 Å². The normalized spacial score (nSPS) is 12.2. The number of hydrogen-bond acceptors (Lipinski definition) is 6. The molecule has 0 spiro atoms. The van der Waals surface area contributed by atoms with Gasteiger partial charge < -0.3 is 10.7 Å². The molecule has 0 fully saturated rings. The molecule has 0 aromatic carbocycles. The number of aromatic nitrogens is 2. The minimum Gasteiger partial charge on any atom is -0.363 e. The Labute approximate surface area is 130 Å². The second-order valence-corrected chi connectivity index (χ2v) is 6.64. The lowest BCUT2D eigenvalue weighted by molar-refractivity contribution is 0.845. The van der Waals surface area contributed by atoms with Crippen molar-refractivity contribution in [2.24, 2.45) is 5.84 Å². The van der Waals surface area contributed by atoms with Gasteiger partial charge in [-0.3, -0.25) is 0 Å². The van der Waals surface area contributed by atoms with E-state index in [2.05, 4.69) is 54.5 Å². The van der Waals surface area contributed by atoms with Gasteiger partial charge in [-0.1, -0.05) is 13.3 Å². The highest BCUT2D eigenvalue weighted by Crippen LogP contribution is 2.30. The Hall–Kier alpha value is -1.66. The Kier molecular flexibility index (Phi) is 5.14. The number of rotatable bonds is 6. The van der Waals surface area contributed by atoms with E-state index in [1.54, 1.807) is 0 Å². The molecule has 5 nitrogen and oxygen atoms in total. The number of nitrogen functional groups attached to an aromatic ring is 1. The van der Waals surface area contributed by atoms with Crippen LogP contribution in [0.2, 0.25) is 0 Å². The number of aryl methyl sites for hydroxylation is 2. The largest absolute Gasteiger partial charge is 0.363 e. The van der Waals surface area contributed by atoms with E-state index >= 15 is 0 Å². The quantitative estimate of drug-likeness (QED) is 0.562. The van der Waals surface area contributed by atoms with Crippen molar-refractivity contribution in [2.75, 3.05) is 10.7 Å². The van der Waals surface area contributed by atoms with Gasteiger partial charge in [-0.2, -0.15) is 0 Å². The fourth-order valence-corrected chi connectivity index (χ4v) is 3.53. The third-order valence-electron chi connectivity index (χ3n) is 3.48. The van der Waals surface area contributed by atoms with Gasteiger partial charge in [0.25, 0.3) is 0 Å². The molecular formula is C15H23N5S. The third-order valence-corrected chi connectivity index (χ3v) is 4.46. The molecule has 1 unspecified atom stereocenters. The molecule has 0 bridgehead atoms. The predicted molar refractivity (Wildman–Crippen MR) is 89.7 cm³/mol. The maximum absolute atomic E-state index is 5.55. The van der Waals surface area contributed by atoms with Crippen LogP contribution in [0.25, 0.3) is 0 Å². The van der Waals surface area contributed by atoms with E-state index < -0.39 is 0 Å². The molecule has 0 aliphatic heterocycles. The third kappa shape index (κ3) is 3.51. The van der Waals surface area contributed by atoms with Gasteiger partial charge in [-0.15, -0.1) is 11.3 Å². The summed E-state index contributed by atoms with van der Waals surface area (Å²) in [5.41, 5.74) is 5.02. The maximum Gasteiger partial charge on any atom is 0.148 e. The number of nitrogens with zero attached hydrogens (tertiary/aromatic N) is 2. The predicted octanol–water partition coefficient (Wildman–Crippen LogP) is 3.57. The minimum atomic E-state index is 0.200. The number of hydrazine groups is 1. The summed E-state index contributed by atoms with van der Waals surface area (Å²) in [4.78, 5) is 11.3. The van der Waals surface area contributed by atoms with E-state index in [9.17, 15) is 0 Å². The standard InChI is InChI=1S/C15H23N5S/c1-5-6-12-14(17-8-18-15(12)20-16)19-10(3)13-7-9(2)21-11(13)4/h7-8,10H,5-6,16H2,1-4H3,(H2,17,18,19,20). The van der Waals surface area contributed by atoms with Gasteiger partial charge in [0, 0.05) is 15.3 Å². The molecule has 0 aliphatic carbocycles. The van der Waals surface area contributed by atoms with Crippen LogP contribution in [0.4, 0.5) is 11.6 Å². The maximum atomic E-state index is 5.55. The molecule has 2 aromatic rings. The SMILES string of the molecule is CCCc1c(NN)ncnc1NC(C)c1cc(C)sc1C. The summed E-state index contributed by atoms with van der Waals surface area (Å²) >= 11 is 1.83. The second kappa shape index (κ2) is 6.87. The lowest BCUT2D eigenvalue weighted by Gasteiger charge is -2.18. The fourth-order valence-electron chi connectivity index (χ4n) is 2.51. The Morgan fingerprint density at radius 2 is 2.00 bits per heavy atom. The Morgan fingerprint density at radius 1 is 1.29 bits per heavy atom. The molecule has 4 N–H and O–H groups in total. The summed E-state index contributed by atoms with van der Waals surface area (Å²) < 4.78 is 0. The van der Waals surface area contributed by atoms with Crippen molar-refractivity contribution in [1.82, 2.24) is 9.97 Å². The van der Waals surface area contributed by atoms with E-state index in [4.69, 9.17) is 5.84 Å². The van der Waals surface area contributed by atoms with Gasteiger partial charge in [0.1, 0.15) is 18.0 Å². The molecular weight excluding hydrogens is 282 g/mol. The first-order chi connectivity index (χ1) is 10.1. The first kappa shape index (κ1) is 15.7. The van der Waals surface area contributed by atoms with E-state index in [0.29, 0.717) is 5.82 Å². The van der Waals surface area contributed by atoms with Crippen LogP contribution in [0.5, 0.6) is 0 Å². The van der Waals surface area contributed by atoms with Crippen molar-refractivity contribution in [3.8, 4) is 0 Å². The average Bonchev–Trinajstić information content (AvgIpc) is 2.80. The molecule has 21 heavy (non-hydrogen) atoms. The molecule has 0 radical (unpaired) electrons. The van der Waals surface area contributed by atoms with E-state index in [-0.39, 0.29) is 6.04 Å². The Morgan fingerprint density at radius 3 is 2.57 bits per heavy atom. The molecule has 0 saturated heterocycles. The van der Waals surface area contributed by atoms with Crippen LogP contribution in [0.3, 0.4) is 0 Å². The van der Waals surface area contributed by atoms with Crippen molar-refractivity contribution >= 4 is 23.0 Å². The summed E-state index contributed by atoms with van der Waals surface area (Å²) in [7, 11) is 0. The van der Waals surface area contributed by atoms with Crippen LogP contribution in [-0.4, -0.2) is 9.97 Å². The first-order valence-electron chi connectivity index (χ1n) is 7.20. The molecule has 2 aromatic heterocycles. The van der Waals surface area contributed by atoms with E-state index in [0.717, 1.165) is 24.2 Å². The fraction of sp³-hybridized carbons (Fsp3) is 0.467. The molecule has 6 heteroatoms. The lowest BCUT2D eigenvalue weighted by Crippen LogP contribution is -2.16. The number of thiophene rings is 1. The zero-order valence-corrected chi connectivity index (χ0v) is 13.8. The monoisotopic (exact) mass is 305 g/mol. The van der Waals surface area contributed by atoms with Crippen LogP contribution in [0.1, 0.15) is 47.2 Å². The van der Waals surface area contributed by atoms with Crippen molar-refractivity contribution in [3.05, 3.63) is 33.3 Å². The molecule has 2 rings (SSSR count). The zero-order chi connectivity index (χ0) is 15.4. The second-order valence-electron chi connectivity index (χ2n) is 5.18. The van der Waals surface area contributed by atoms with Crippen LogP contribution in [-0.2, 0) is 6.42 Å².